The van der Waals surface area contributed by atoms with E-state index in [0.717, 1.165) is 6.20 Å². The summed E-state index contributed by atoms with van der Waals surface area (Å²) < 4.78 is 24.4. The number of amides is 2. The van der Waals surface area contributed by atoms with Crippen LogP contribution in [0.3, 0.4) is 0 Å². The fraction of sp³-hybridized carbons (Fsp3) is 0.533. The zero-order valence-electron chi connectivity index (χ0n) is 14.8. The zero-order valence-corrected chi connectivity index (χ0v) is 14.8. The molecule has 0 radical (unpaired) electrons. The van der Waals surface area contributed by atoms with Crippen LogP contribution in [-0.4, -0.2) is 33.3 Å². The number of aromatic nitrogens is 1. The van der Waals surface area contributed by atoms with Gasteiger partial charge >= 0.3 is 12.2 Å². The molecule has 0 aliphatic heterocycles. The SMILES string of the molecule is CC(C)(C)OC(=O)N(C(=O)OC(C)(C)C)c1ncc([N+](=O)[O-])cc1F. The Morgan fingerprint density at radius 3 is 1.88 bits per heavy atom. The monoisotopic (exact) mass is 357 g/mol. The summed E-state index contributed by atoms with van der Waals surface area (Å²) in [4.78, 5) is 38.2. The predicted octanol–water partition coefficient (Wildman–Crippen LogP) is 3.81. The molecule has 9 nitrogen and oxygen atoms in total. The van der Waals surface area contributed by atoms with E-state index in [1.54, 1.807) is 41.5 Å². The summed E-state index contributed by atoms with van der Waals surface area (Å²) >= 11 is 0. The Hall–Kier alpha value is -2.78. The van der Waals surface area contributed by atoms with Crippen LogP contribution in [-0.2, 0) is 9.47 Å². The Morgan fingerprint density at radius 1 is 1.12 bits per heavy atom. The maximum Gasteiger partial charge on any atom is 0.425 e. The lowest BCUT2D eigenvalue weighted by Gasteiger charge is -2.28. The Kier molecular flexibility index (Phi) is 5.67. The Bertz CT molecular complexity index is 665. The minimum Gasteiger partial charge on any atom is -0.443 e. The second-order valence-electron chi connectivity index (χ2n) is 7.05. The third-order valence-corrected chi connectivity index (χ3v) is 2.38. The van der Waals surface area contributed by atoms with Gasteiger partial charge in [0.05, 0.1) is 11.0 Å². The van der Waals surface area contributed by atoms with Crippen molar-refractivity contribution >= 4 is 23.7 Å². The molecule has 0 aliphatic carbocycles. The van der Waals surface area contributed by atoms with Crippen LogP contribution in [0.25, 0.3) is 0 Å². The van der Waals surface area contributed by atoms with Gasteiger partial charge in [0.2, 0.25) is 0 Å². The number of hydrogen-bond acceptors (Lipinski definition) is 7. The van der Waals surface area contributed by atoms with Gasteiger partial charge in [0.25, 0.3) is 5.69 Å². The van der Waals surface area contributed by atoms with E-state index in [9.17, 15) is 24.1 Å². The van der Waals surface area contributed by atoms with E-state index < -0.39 is 45.6 Å². The van der Waals surface area contributed by atoms with Crippen molar-refractivity contribution in [1.29, 1.82) is 0 Å². The maximum atomic E-state index is 14.2. The number of ether oxygens (including phenoxy) is 2. The van der Waals surface area contributed by atoms with Crippen LogP contribution in [0.4, 0.5) is 25.5 Å². The zero-order chi connectivity index (χ0) is 19.6. The van der Waals surface area contributed by atoms with Gasteiger partial charge in [-0.25, -0.2) is 19.0 Å². The molecule has 0 atom stereocenters. The quantitative estimate of drug-likeness (QED) is 0.584. The molecule has 0 aromatic carbocycles. The van der Waals surface area contributed by atoms with E-state index in [1.807, 2.05) is 0 Å². The molecule has 0 fully saturated rings. The Balaban J connectivity index is 3.33. The van der Waals surface area contributed by atoms with Gasteiger partial charge in [-0.2, -0.15) is 4.90 Å². The normalized spacial score (nSPS) is 11.6. The van der Waals surface area contributed by atoms with Gasteiger partial charge in [0.1, 0.15) is 17.4 Å². The molecule has 10 heteroatoms. The highest BCUT2D eigenvalue weighted by molar-refractivity contribution is 6.08. The lowest BCUT2D eigenvalue weighted by Crippen LogP contribution is -2.44. The molecule has 0 aliphatic rings. The summed E-state index contributed by atoms with van der Waals surface area (Å²) in [6.45, 7) is 9.32. The van der Waals surface area contributed by atoms with Crippen LogP contribution >= 0.6 is 0 Å². The van der Waals surface area contributed by atoms with Gasteiger partial charge in [-0.15, -0.1) is 0 Å². The van der Waals surface area contributed by atoms with E-state index in [2.05, 4.69) is 4.98 Å². The molecule has 0 N–H and O–H groups in total. The summed E-state index contributed by atoms with van der Waals surface area (Å²) in [7, 11) is 0. The molecule has 0 saturated carbocycles. The predicted molar refractivity (Wildman–Crippen MR) is 85.8 cm³/mol. The molecule has 1 heterocycles. The highest BCUT2D eigenvalue weighted by atomic mass is 19.1. The molecular weight excluding hydrogens is 337 g/mol. The van der Waals surface area contributed by atoms with E-state index in [0.29, 0.717) is 6.07 Å². The number of pyridine rings is 1. The van der Waals surface area contributed by atoms with Crippen LogP contribution in [0.2, 0.25) is 0 Å². The number of imide groups is 1. The molecule has 0 spiro atoms. The van der Waals surface area contributed by atoms with Crippen molar-refractivity contribution < 1.29 is 28.4 Å². The molecule has 0 saturated heterocycles. The third-order valence-electron chi connectivity index (χ3n) is 2.38. The average molecular weight is 357 g/mol. The summed E-state index contributed by atoms with van der Waals surface area (Å²) in [5.41, 5.74) is -2.59. The second-order valence-corrected chi connectivity index (χ2v) is 7.05. The Morgan fingerprint density at radius 2 is 1.56 bits per heavy atom. The van der Waals surface area contributed by atoms with Crippen LogP contribution in [0, 0.1) is 15.9 Å². The van der Waals surface area contributed by atoms with Crippen molar-refractivity contribution in [2.24, 2.45) is 0 Å². The van der Waals surface area contributed by atoms with Crippen LogP contribution < -0.4 is 4.90 Å². The van der Waals surface area contributed by atoms with Crippen LogP contribution in [0.1, 0.15) is 41.5 Å². The van der Waals surface area contributed by atoms with Crippen LogP contribution in [0.5, 0.6) is 0 Å². The van der Waals surface area contributed by atoms with Gasteiger partial charge in [-0.3, -0.25) is 10.1 Å². The lowest BCUT2D eigenvalue weighted by molar-refractivity contribution is -0.385. The molecule has 0 bridgehead atoms. The topological polar surface area (TPSA) is 112 Å². The minimum atomic E-state index is -1.24. The van der Waals surface area contributed by atoms with Crippen LogP contribution in [0.15, 0.2) is 12.3 Å². The molecule has 25 heavy (non-hydrogen) atoms. The summed E-state index contributed by atoms with van der Waals surface area (Å²) in [5.74, 6) is -2.00. The molecule has 138 valence electrons. The van der Waals surface area contributed by atoms with Crippen molar-refractivity contribution in [2.45, 2.75) is 52.7 Å². The van der Waals surface area contributed by atoms with Crippen molar-refractivity contribution in [3.8, 4) is 0 Å². The highest BCUT2D eigenvalue weighted by Gasteiger charge is 2.35. The molecule has 1 aromatic rings. The molecule has 1 rings (SSSR count). The summed E-state index contributed by atoms with van der Waals surface area (Å²) in [6.07, 6.45) is -1.72. The van der Waals surface area contributed by atoms with Crippen molar-refractivity contribution in [2.75, 3.05) is 4.90 Å². The Labute approximate surface area is 143 Å². The highest BCUT2D eigenvalue weighted by Crippen LogP contribution is 2.25. The number of carbonyl (C=O) groups excluding carboxylic acids is 2. The number of nitrogens with zero attached hydrogens (tertiary/aromatic N) is 3. The van der Waals surface area contributed by atoms with Crippen molar-refractivity contribution in [1.82, 2.24) is 4.98 Å². The number of rotatable bonds is 2. The minimum absolute atomic E-state index is 0.259. The van der Waals surface area contributed by atoms with Gasteiger partial charge in [-0.05, 0) is 41.5 Å². The largest absolute Gasteiger partial charge is 0.443 e. The first-order chi connectivity index (χ1) is 11.2. The standard InChI is InChI=1S/C15H20FN3O6/c1-14(2,3)24-12(20)18(13(21)25-15(4,5)6)11-10(16)7-9(8-17-11)19(22)23/h7-8H,1-6H3. The summed E-state index contributed by atoms with van der Waals surface area (Å²) in [6, 6.07) is 0.546. The van der Waals surface area contributed by atoms with Crippen molar-refractivity contribution in [3.63, 3.8) is 0 Å². The fourth-order valence-corrected chi connectivity index (χ4v) is 1.55. The third kappa shape index (κ3) is 5.98. The van der Waals surface area contributed by atoms with Gasteiger partial charge in [0.15, 0.2) is 11.6 Å². The molecular formula is C15H20FN3O6. The number of anilines is 1. The molecule has 2 amide bonds. The number of hydrogen-bond donors (Lipinski definition) is 0. The maximum absolute atomic E-state index is 14.2. The van der Waals surface area contributed by atoms with E-state index in [4.69, 9.17) is 9.47 Å². The lowest BCUT2D eigenvalue weighted by atomic mass is 10.2. The smallest absolute Gasteiger partial charge is 0.425 e. The second kappa shape index (κ2) is 6.99. The van der Waals surface area contributed by atoms with E-state index >= 15 is 0 Å². The first kappa shape index (κ1) is 20.3. The van der Waals surface area contributed by atoms with E-state index in [1.165, 1.54) is 0 Å². The molecule has 0 unspecified atom stereocenters. The van der Waals surface area contributed by atoms with Gasteiger partial charge in [0, 0.05) is 0 Å². The fourth-order valence-electron chi connectivity index (χ4n) is 1.55. The average Bonchev–Trinajstić information content (AvgIpc) is 2.36. The number of halogens is 1. The number of carbonyl (C=O) groups is 2. The molecule has 1 aromatic heterocycles. The first-order valence-electron chi connectivity index (χ1n) is 7.27. The van der Waals surface area contributed by atoms with Crippen molar-refractivity contribution in [3.05, 3.63) is 28.2 Å². The van der Waals surface area contributed by atoms with Gasteiger partial charge < -0.3 is 9.47 Å². The first-order valence-corrected chi connectivity index (χ1v) is 7.27. The van der Waals surface area contributed by atoms with Gasteiger partial charge in [-0.1, -0.05) is 0 Å². The number of nitro groups is 1. The van der Waals surface area contributed by atoms with E-state index in [-0.39, 0.29) is 4.90 Å². The summed E-state index contributed by atoms with van der Waals surface area (Å²) in [5, 5.41) is 10.7.